The van der Waals surface area contributed by atoms with Crippen molar-refractivity contribution >= 4 is 34.5 Å². The van der Waals surface area contributed by atoms with Gasteiger partial charge < -0.3 is 14.8 Å². The Morgan fingerprint density at radius 1 is 1.29 bits per heavy atom. The summed E-state index contributed by atoms with van der Waals surface area (Å²) in [6.07, 6.45) is 1.97. The topological polar surface area (TPSA) is 80.8 Å². The minimum atomic E-state index is -0.324. The average molecular weight is 438 g/mol. The SMILES string of the molecule is CCCc1nc(-c2ccc3c(c2)N(CC(=O)Nc2ccccc2OC)C(=O)CO3)cs1. The number of aryl methyl sites for hydroxylation is 1. The van der Waals surface area contributed by atoms with Gasteiger partial charge in [-0.2, -0.15) is 0 Å². The Hall–Kier alpha value is -3.39. The molecule has 0 radical (unpaired) electrons. The van der Waals surface area contributed by atoms with Gasteiger partial charge in [0.1, 0.15) is 18.0 Å². The first-order chi connectivity index (χ1) is 15.1. The first-order valence-electron chi connectivity index (χ1n) is 10.0. The summed E-state index contributed by atoms with van der Waals surface area (Å²) in [6.45, 7) is 1.89. The van der Waals surface area contributed by atoms with Gasteiger partial charge in [-0.15, -0.1) is 11.3 Å². The molecule has 1 aliphatic rings. The van der Waals surface area contributed by atoms with Crippen molar-refractivity contribution in [3.05, 3.63) is 52.9 Å². The largest absolute Gasteiger partial charge is 0.495 e. The van der Waals surface area contributed by atoms with Gasteiger partial charge in [-0.05, 0) is 43.2 Å². The molecular weight excluding hydrogens is 414 g/mol. The maximum atomic E-state index is 12.7. The molecule has 0 spiro atoms. The molecule has 0 aliphatic carbocycles. The Labute approximate surface area is 184 Å². The van der Waals surface area contributed by atoms with Crippen LogP contribution in [0.2, 0.25) is 0 Å². The van der Waals surface area contributed by atoms with Crippen LogP contribution >= 0.6 is 11.3 Å². The number of hydrogen-bond acceptors (Lipinski definition) is 6. The second-order valence-corrected chi connectivity index (χ2v) is 8.02. The fourth-order valence-corrected chi connectivity index (χ4v) is 4.30. The zero-order valence-electron chi connectivity index (χ0n) is 17.4. The fourth-order valence-electron chi connectivity index (χ4n) is 3.39. The van der Waals surface area contributed by atoms with Crippen molar-refractivity contribution in [1.29, 1.82) is 0 Å². The highest BCUT2D eigenvalue weighted by Crippen LogP contribution is 2.36. The van der Waals surface area contributed by atoms with Crippen molar-refractivity contribution in [2.45, 2.75) is 19.8 Å². The zero-order valence-corrected chi connectivity index (χ0v) is 18.2. The van der Waals surface area contributed by atoms with Gasteiger partial charge in [0.05, 0.1) is 29.2 Å². The lowest BCUT2D eigenvalue weighted by atomic mass is 10.1. The molecule has 2 amide bonds. The van der Waals surface area contributed by atoms with Crippen molar-refractivity contribution in [2.75, 3.05) is 30.5 Å². The standard InChI is InChI=1S/C23H23N3O4S/c1-3-6-22-25-17(14-31-22)15-9-10-20-18(11-15)26(23(28)13-30-20)12-21(27)24-16-7-4-5-8-19(16)29-2/h4-5,7-11,14H,3,6,12-13H2,1-2H3,(H,24,27). The molecule has 4 rings (SSSR count). The van der Waals surface area contributed by atoms with E-state index < -0.39 is 0 Å². The summed E-state index contributed by atoms with van der Waals surface area (Å²) in [6, 6.07) is 12.7. The molecule has 31 heavy (non-hydrogen) atoms. The van der Waals surface area contributed by atoms with Crippen LogP contribution in [0.15, 0.2) is 47.8 Å². The van der Waals surface area contributed by atoms with E-state index in [1.807, 2.05) is 29.6 Å². The predicted octanol–water partition coefficient (Wildman–Crippen LogP) is 4.14. The number of carbonyl (C=O) groups excluding carboxylic acids is 2. The van der Waals surface area contributed by atoms with E-state index in [1.165, 1.54) is 4.90 Å². The Morgan fingerprint density at radius 3 is 2.94 bits per heavy atom. The Balaban J connectivity index is 1.57. The van der Waals surface area contributed by atoms with Gasteiger partial charge in [0.2, 0.25) is 5.91 Å². The number of benzene rings is 2. The van der Waals surface area contributed by atoms with Crippen molar-refractivity contribution in [3.8, 4) is 22.8 Å². The molecular formula is C23H23N3O4S. The van der Waals surface area contributed by atoms with Gasteiger partial charge in [0.15, 0.2) is 6.61 Å². The van der Waals surface area contributed by atoms with E-state index in [2.05, 4.69) is 17.2 Å². The van der Waals surface area contributed by atoms with Gasteiger partial charge in [-0.1, -0.05) is 19.1 Å². The van der Waals surface area contributed by atoms with Crippen LogP contribution in [0.4, 0.5) is 11.4 Å². The van der Waals surface area contributed by atoms with Gasteiger partial charge in [0, 0.05) is 10.9 Å². The quantitative estimate of drug-likeness (QED) is 0.601. The van der Waals surface area contributed by atoms with E-state index in [0.29, 0.717) is 22.9 Å². The highest BCUT2D eigenvalue weighted by molar-refractivity contribution is 7.09. The van der Waals surface area contributed by atoms with Crippen molar-refractivity contribution in [1.82, 2.24) is 4.98 Å². The number of para-hydroxylation sites is 2. The van der Waals surface area contributed by atoms with Crippen LogP contribution in [0, 0.1) is 0 Å². The lowest BCUT2D eigenvalue weighted by molar-refractivity contribution is -0.123. The average Bonchev–Trinajstić information content (AvgIpc) is 3.25. The number of fused-ring (bicyclic) bond motifs is 1. The number of carbonyl (C=O) groups is 2. The second kappa shape index (κ2) is 9.18. The summed E-state index contributed by atoms with van der Waals surface area (Å²) in [7, 11) is 1.54. The van der Waals surface area contributed by atoms with Crippen LogP contribution in [0.5, 0.6) is 11.5 Å². The highest BCUT2D eigenvalue weighted by Gasteiger charge is 2.28. The number of nitrogens with zero attached hydrogens (tertiary/aromatic N) is 2. The summed E-state index contributed by atoms with van der Waals surface area (Å²) < 4.78 is 10.9. The number of methoxy groups -OCH3 is 1. The molecule has 1 N–H and O–H groups in total. The minimum Gasteiger partial charge on any atom is -0.495 e. The van der Waals surface area contributed by atoms with E-state index in [-0.39, 0.29) is 25.0 Å². The van der Waals surface area contributed by atoms with Gasteiger partial charge in [-0.3, -0.25) is 14.5 Å². The van der Waals surface area contributed by atoms with Crippen LogP contribution in [-0.2, 0) is 16.0 Å². The lowest BCUT2D eigenvalue weighted by Gasteiger charge is -2.29. The summed E-state index contributed by atoms with van der Waals surface area (Å²) in [5.74, 6) is 0.524. The third-order valence-corrected chi connectivity index (χ3v) is 5.80. The number of hydrogen-bond donors (Lipinski definition) is 1. The molecule has 1 aromatic heterocycles. The number of nitrogens with one attached hydrogen (secondary N) is 1. The van der Waals surface area contributed by atoms with Crippen LogP contribution in [-0.4, -0.2) is 37.1 Å². The molecule has 1 aliphatic heterocycles. The van der Waals surface area contributed by atoms with Crippen LogP contribution < -0.4 is 19.7 Å². The second-order valence-electron chi connectivity index (χ2n) is 7.08. The first-order valence-corrected chi connectivity index (χ1v) is 10.9. The molecule has 0 fully saturated rings. The van der Waals surface area contributed by atoms with Gasteiger partial charge >= 0.3 is 0 Å². The molecule has 0 saturated carbocycles. The first kappa shape index (κ1) is 20.9. The summed E-state index contributed by atoms with van der Waals surface area (Å²) in [5.41, 5.74) is 2.85. The van der Waals surface area contributed by atoms with E-state index in [0.717, 1.165) is 29.1 Å². The monoisotopic (exact) mass is 437 g/mol. The normalized spacial score (nSPS) is 12.8. The summed E-state index contributed by atoms with van der Waals surface area (Å²) in [5, 5.41) is 5.90. The molecule has 160 valence electrons. The smallest absolute Gasteiger partial charge is 0.265 e. The maximum absolute atomic E-state index is 12.7. The van der Waals surface area contributed by atoms with E-state index in [9.17, 15) is 9.59 Å². The Morgan fingerprint density at radius 2 is 2.13 bits per heavy atom. The van der Waals surface area contributed by atoms with E-state index in [1.54, 1.807) is 36.6 Å². The molecule has 2 aromatic carbocycles. The van der Waals surface area contributed by atoms with Crippen LogP contribution in [0.3, 0.4) is 0 Å². The van der Waals surface area contributed by atoms with Crippen molar-refractivity contribution < 1.29 is 19.1 Å². The predicted molar refractivity (Wildman–Crippen MR) is 121 cm³/mol. The third kappa shape index (κ3) is 4.54. The fraction of sp³-hybridized carbons (Fsp3) is 0.261. The third-order valence-electron chi connectivity index (χ3n) is 4.90. The number of amides is 2. The number of anilines is 2. The van der Waals surface area contributed by atoms with E-state index in [4.69, 9.17) is 9.47 Å². The zero-order chi connectivity index (χ0) is 21.8. The van der Waals surface area contributed by atoms with Crippen molar-refractivity contribution in [3.63, 3.8) is 0 Å². The molecule has 0 saturated heterocycles. The van der Waals surface area contributed by atoms with Crippen LogP contribution in [0.1, 0.15) is 18.4 Å². The molecule has 0 unspecified atom stereocenters. The summed E-state index contributed by atoms with van der Waals surface area (Å²) >= 11 is 1.62. The highest BCUT2D eigenvalue weighted by atomic mass is 32.1. The number of rotatable bonds is 7. The molecule has 8 heteroatoms. The molecule has 3 aromatic rings. The van der Waals surface area contributed by atoms with Crippen LogP contribution in [0.25, 0.3) is 11.3 Å². The number of ether oxygens (including phenoxy) is 2. The van der Waals surface area contributed by atoms with Crippen molar-refractivity contribution in [2.24, 2.45) is 0 Å². The maximum Gasteiger partial charge on any atom is 0.265 e. The minimum absolute atomic E-state index is 0.106. The van der Waals surface area contributed by atoms with E-state index >= 15 is 0 Å². The number of aromatic nitrogens is 1. The van der Waals surface area contributed by atoms with Gasteiger partial charge in [0.25, 0.3) is 5.91 Å². The molecule has 7 nitrogen and oxygen atoms in total. The number of thiazole rings is 1. The Kier molecular flexibility index (Phi) is 6.18. The van der Waals surface area contributed by atoms with Gasteiger partial charge in [-0.25, -0.2) is 4.98 Å². The Bertz CT molecular complexity index is 1110. The summed E-state index contributed by atoms with van der Waals surface area (Å²) in [4.78, 5) is 31.4. The molecule has 0 atom stereocenters. The lowest BCUT2D eigenvalue weighted by Crippen LogP contribution is -2.43. The molecule has 0 bridgehead atoms. The molecule has 2 heterocycles.